The fourth-order valence-electron chi connectivity index (χ4n) is 4.45. The Bertz CT molecular complexity index is 1410. The van der Waals surface area contributed by atoms with Crippen LogP contribution in [0.1, 0.15) is 24.8 Å². The van der Waals surface area contributed by atoms with Crippen molar-refractivity contribution in [1.29, 1.82) is 0 Å². The van der Waals surface area contributed by atoms with Crippen LogP contribution in [0.2, 0.25) is 5.02 Å². The van der Waals surface area contributed by atoms with E-state index in [1.54, 1.807) is 22.9 Å². The Balaban J connectivity index is 1.21. The molecule has 2 saturated heterocycles. The highest BCUT2D eigenvalue weighted by molar-refractivity contribution is 6.32. The number of imide groups is 1. The van der Waals surface area contributed by atoms with Crippen LogP contribution in [0.3, 0.4) is 0 Å². The zero-order valence-corrected chi connectivity index (χ0v) is 21.5. The summed E-state index contributed by atoms with van der Waals surface area (Å²) in [4.78, 5) is 30.8. The largest absolute Gasteiger partial charge is 0.491 e. The second kappa shape index (κ2) is 10.6. The van der Waals surface area contributed by atoms with E-state index in [-0.39, 0.29) is 18.2 Å². The summed E-state index contributed by atoms with van der Waals surface area (Å²) < 4.78 is 13.0. The first-order chi connectivity index (χ1) is 18.5. The van der Waals surface area contributed by atoms with Gasteiger partial charge in [-0.3, -0.25) is 19.8 Å². The van der Waals surface area contributed by atoms with Gasteiger partial charge in [0.05, 0.1) is 30.9 Å². The van der Waals surface area contributed by atoms with E-state index in [9.17, 15) is 9.59 Å². The zero-order valence-electron chi connectivity index (χ0n) is 20.7. The van der Waals surface area contributed by atoms with Gasteiger partial charge in [-0.05, 0) is 37.1 Å². The first kappa shape index (κ1) is 24.7. The SMILES string of the molecule is O=C1C/C(=C\c2cnn3c(NC4CC4)cc(Nc4ccc(OCCN5CCOCC5)c(Cl)c4)nc23)C(=O)N1. The number of amides is 2. The summed E-state index contributed by atoms with van der Waals surface area (Å²) in [7, 11) is 0. The molecule has 0 radical (unpaired) electrons. The maximum Gasteiger partial charge on any atom is 0.254 e. The normalized spacial score (nSPS) is 19.2. The molecule has 12 heteroatoms. The second-order valence-electron chi connectivity index (χ2n) is 9.58. The quantitative estimate of drug-likeness (QED) is 0.279. The molecule has 0 atom stereocenters. The van der Waals surface area contributed by atoms with Crippen LogP contribution >= 0.6 is 11.6 Å². The van der Waals surface area contributed by atoms with Gasteiger partial charge in [0.15, 0.2) is 5.65 Å². The number of anilines is 3. The number of carbonyl (C=O) groups excluding carboxylic acids is 2. The van der Waals surface area contributed by atoms with Gasteiger partial charge in [0.1, 0.15) is 24.0 Å². The number of rotatable bonds is 9. The molecule has 1 aromatic carbocycles. The van der Waals surface area contributed by atoms with E-state index >= 15 is 0 Å². The third-order valence-corrected chi connectivity index (χ3v) is 6.92. The van der Waals surface area contributed by atoms with Crippen molar-refractivity contribution in [2.24, 2.45) is 0 Å². The summed E-state index contributed by atoms with van der Waals surface area (Å²) in [6.45, 7) is 4.70. The first-order valence-electron chi connectivity index (χ1n) is 12.7. The lowest BCUT2D eigenvalue weighted by Crippen LogP contribution is -2.38. The van der Waals surface area contributed by atoms with Crippen LogP contribution in [-0.2, 0) is 14.3 Å². The van der Waals surface area contributed by atoms with Crippen LogP contribution in [0, 0.1) is 0 Å². The van der Waals surface area contributed by atoms with Crippen LogP contribution in [0.15, 0.2) is 36.0 Å². The lowest BCUT2D eigenvalue weighted by atomic mass is 10.1. The molecule has 0 bridgehead atoms. The van der Waals surface area contributed by atoms with Crippen LogP contribution < -0.4 is 20.7 Å². The van der Waals surface area contributed by atoms with Gasteiger partial charge >= 0.3 is 0 Å². The summed E-state index contributed by atoms with van der Waals surface area (Å²) in [5.74, 6) is 1.30. The Morgan fingerprint density at radius 2 is 2.05 bits per heavy atom. The van der Waals surface area contributed by atoms with Gasteiger partial charge in [-0.1, -0.05) is 11.6 Å². The van der Waals surface area contributed by atoms with E-state index < -0.39 is 0 Å². The van der Waals surface area contributed by atoms with Gasteiger partial charge in [0.25, 0.3) is 5.91 Å². The number of ether oxygens (including phenoxy) is 2. The standard InChI is InChI=1S/C26H28ClN7O4/c27-20-13-19(3-4-21(20)38-10-7-33-5-8-37-9-6-33)29-22-14-23(30-18-1-2-18)34-25(31-22)17(15-28-34)11-16-12-24(35)32-26(16)36/h3-4,11,13-15,18,30H,1-2,5-10,12H2,(H,29,31)(H,32,35,36)/b16-11+. The smallest absolute Gasteiger partial charge is 0.254 e. The van der Waals surface area contributed by atoms with Gasteiger partial charge in [-0.15, -0.1) is 0 Å². The molecule has 1 saturated carbocycles. The number of fused-ring (bicyclic) bond motifs is 1. The number of hydrogen-bond acceptors (Lipinski definition) is 9. The predicted molar refractivity (Wildman–Crippen MR) is 143 cm³/mol. The summed E-state index contributed by atoms with van der Waals surface area (Å²) in [5, 5.41) is 14.1. The topological polar surface area (TPSA) is 122 Å². The van der Waals surface area contributed by atoms with E-state index in [1.807, 2.05) is 18.2 Å². The summed E-state index contributed by atoms with van der Waals surface area (Å²) >= 11 is 6.53. The molecule has 2 aliphatic heterocycles. The van der Waals surface area contributed by atoms with Crippen molar-refractivity contribution in [2.75, 3.05) is 50.1 Å². The number of morpholine rings is 1. The van der Waals surface area contributed by atoms with E-state index in [4.69, 9.17) is 26.1 Å². The average Bonchev–Trinajstić information content (AvgIpc) is 3.54. The molecule has 198 valence electrons. The Morgan fingerprint density at radius 1 is 1.21 bits per heavy atom. The average molecular weight is 538 g/mol. The molecular weight excluding hydrogens is 510 g/mol. The Hall–Kier alpha value is -3.67. The number of hydrogen-bond donors (Lipinski definition) is 3. The van der Waals surface area contributed by atoms with Crippen molar-refractivity contribution in [3.05, 3.63) is 46.6 Å². The fraction of sp³-hybridized carbons (Fsp3) is 0.385. The summed E-state index contributed by atoms with van der Waals surface area (Å²) in [5.41, 5.74) is 2.35. The molecule has 1 aliphatic carbocycles. The molecule has 3 N–H and O–H groups in total. The highest BCUT2D eigenvalue weighted by Crippen LogP contribution is 2.31. The molecule has 3 fully saturated rings. The molecular formula is C26H28ClN7O4. The minimum absolute atomic E-state index is 0.0423. The molecule has 0 unspecified atom stereocenters. The Morgan fingerprint density at radius 3 is 2.79 bits per heavy atom. The predicted octanol–water partition coefficient (Wildman–Crippen LogP) is 2.84. The van der Waals surface area contributed by atoms with E-state index in [0.717, 1.165) is 57.2 Å². The van der Waals surface area contributed by atoms with Crippen molar-refractivity contribution >= 4 is 52.5 Å². The first-order valence-corrected chi connectivity index (χ1v) is 13.1. The lowest BCUT2D eigenvalue weighted by molar-refractivity contribution is -0.124. The number of aromatic nitrogens is 3. The monoisotopic (exact) mass is 537 g/mol. The van der Waals surface area contributed by atoms with Gasteiger partial charge in [0.2, 0.25) is 5.91 Å². The lowest BCUT2D eigenvalue weighted by Gasteiger charge is -2.26. The van der Waals surface area contributed by atoms with Crippen molar-refractivity contribution in [3.8, 4) is 5.75 Å². The fourth-order valence-corrected chi connectivity index (χ4v) is 4.68. The van der Waals surface area contributed by atoms with Crippen molar-refractivity contribution in [3.63, 3.8) is 0 Å². The van der Waals surface area contributed by atoms with E-state index in [1.165, 1.54) is 0 Å². The summed E-state index contributed by atoms with van der Waals surface area (Å²) in [6.07, 6.45) is 5.54. The highest BCUT2D eigenvalue weighted by atomic mass is 35.5. The molecule has 38 heavy (non-hydrogen) atoms. The van der Waals surface area contributed by atoms with Gasteiger partial charge in [0, 0.05) is 48.6 Å². The second-order valence-corrected chi connectivity index (χ2v) is 9.98. The van der Waals surface area contributed by atoms with Crippen LogP contribution in [-0.4, -0.2) is 76.8 Å². The zero-order chi connectivity index (χ0) is 26.1. The molecule has 0 spiro atoms. The molecule has 2 aromatic heterocycles. The highest BCUT2D eigenvalue weighted by Gasteiger charge is 2.26. The van der Waals surface area contributed by atoms with Gasteiger partial charge in [-0.25, -0.2) is 4.98 Å². The molecule has 3 aliphatic rings. The number of nitrogens with one attached hydrogen (secondary N) is 3. The molecule has 4 heterocycles. The minimum atomic E-state index is -0.387. The summed E-state index contributed by atoms with van der Waals surface area (Å²) in [6, 6.07) is 7.82. The van der Waals surface area contributed by atoms with Crippen LogP contribution in [0.5, 0.6) is 5.75 Å². The molecule has 2 amide bonds. The third kappa shape index (κ3) is 5.59. The number of benzene rings is 1. The molecule has 11 nitrogen and oxygen atoms in total. The molecule has 3 aromatic rings. The number of nitrogens with zero attached hydrogens (tertiary/aromatic N) is 4. The van der Waals surface area contributed by atoms with Crippen LogP contribution in [0.4, 0.5) is 17.3 Å². The van der Waals surface area contributed by atoms with Crippen molar-refractivity contribution < 1.29 is 19.1 Å². The Kier molecular flexibility index (Phi) is 6.88. The van der Waals surface area contributed by atoms with Gasteiger partial charge < -0.3 is 20.1 Å². The van der Waals surface area contributed by atoms with Crippen molar-refractivity contribution in [1.82, 2.24) is 24.8 Å². The maximum absolute atomic E-state index is 12.1. The Labute approximate surface area is 224 Å². The number of halogens is 1. The van der Waals surface area contributed by atoms with Crippen molar-refractivity contribution in [2.45, 2.75) is 25.3 Å². The van der Waals surface area contributed by atoms with Crippen LogP contribution in [0.25, 0.3) is 11.7 Å². The maximum atomic E-state index is 12.1. The third-order valence-electron chi connectivity index (χ3n) is 6.63. The van der Waals surface area contributed by atoms with Gasteiger partial charge in [-0.2, -0.15) is 9.61 Å². The minimum Gasteiger partial charge on any atom is -0.491 e. The number of carbonyl (C=O) groups is 2. The van der Waals surface area contributed by atoms with E-state index in [2.05, 4.69) is 25.9 Å². The van der Waals surface area contributed by atoms with E-state index in [0.29, 0.717) is 46.0 Å². The molecule has 6 rings (SSSR count).